The van der Waals surface area contributed by atoms with E-state index in [4.69, 9.17) is 16.3 Å². The minimum absolute atomic E-state index is 0.0298. The molecular formula is C31H38ClN3O5S. The Balaban J connectivity index is 2.11. The molecule has 3 aromatic carbocycles. The number of nitrogens with one attached hydrogen (secondary N) is 1. The maximum atomic E-state index is 14.2. The molecule has 0 spiro atoms. The van der Waals surface area contributed by atoms with Crippen molar-refractivity contribution in [1.29, 1.82) is 0 Å². The van der Waals surface area contributed by atoms with Crippen LogP contribution in [0.5, 0.6) is 5.75 Å². The minimum atomic E-state index is -4.21. The van der Waals surface area contributed by atoms with Crippen LogP contribution in [0.2, 0.25) is 5.02 Å². The average Bonchev–Trinajstić information content (AvgIpc) is 2.96. The monoisotopic (exact) mass is 599 g/mol. The number of carbonyl (C=O) groups excluding carboxylic acids is 2. The number of aryl methyl sites for hydroxylation is 1. The van der Waals surface area contributed by atoms with Crippen LogP contribution in [-0.2, 0) is 26.2 Å². The van der Waals surface area contributed by atoms with Crippen molar-refractivity contribution in [3.63, 3.8) is 0 Å². The third-order valence-electron chi connectivity index (χ3n) is 6.56. The summed E-state index contributed by atoms with van der Waals surface area (Å²) in [5, 5.41) is 3.32. The van der Waals surface area contributed by atoms with Crippen molar-refractivity contribution in [2.75, 3.05) is 24.0 Å². The summed E-state index contributed by atoms with van der Waals surface area (Å²) in [6, 6.07) is 19.4. The number of ether oxygens (including phenoxy) is 1. The molecule has 0 saturated heterocycles. The number of hydrogen-bond donors (Lipinski definition) is 1. The molecule has 10 heteroatoms. The van der Waals surface area contributed by atoms with E-state index in [2.05, 4.69) is 5.32 Å². The SMILES string of the molecule is CCCNC(=O)C(CC)N(Cc1ccccc1Cl)C(=O)CN(c1ccccc1OCC)S(=O)(=O)c1ccc(C)cc1. The van der Waals surface area contributed by atoms with E-state index in [1.54, 1.807) is 67.6 Å². The highest BCUT2D eigenvalue weighted by Crippen LogP contribution is 2.33. The van der Waals surface area contributed by atoms with Crippen LogP contribution in [0.25, 0.3) is 0 Å². The molecule has 0 fully saturated rings. The van der Waals surface area contributed by atoms with Gasteiger partial charge in [0.1, 0.15) is 18.3 Å². The van der Waals surface area contributed by atoms with Crippen LogP contribution >= 0.6 is 11.6 Å². The zero-order chi connectivity index (χ0) is 30.0. The number of hydrogen-bond acceptors (Lipinski definition) is 5. The van der Waals surface area contributed by atoms with Gasteiger partial charge in [0.25, 0.3) is 10.0 Å². The quantitative estimate of drug-likeness (QED) is 0.261. The van der Waals surface area contributed by atoms with Gasteiger partial charge in [-0.1, -0.05) is 73.5 Å². The molecule has 3 aromatic rings. The number of para-hydroxylation sites is 2. The van der Waals surface area contributed by atoms with Gasteiger partial charge >= 0.3 is 0 Å². The van der Waals surface area contributed by atoms with Crippen molar-refractivity contribution in [3.05, 3.63) is 88.9 Å². The summed E-state index contributed by atoms with van der Waals surface area (Å²) in [5.41, 5.74) is 1.77. The van der Waals surface area contributed by atoms with Gasteiger partial charge in [-0.25, -0.2) is 8.42 Å². The van der Waals surface area contributed by atoms with E-state index >= 15 is 0 Å². The van der Waals surface area contributed by atoms with Gasteiger partial charge in [-0.15, -0.1) is 0 Å². The normalized spacial score (nSPS) is 11.9. The first kappa shape index (κ1) is 32.0. The second kappa shape index (κ2) is 14.9. The van der Waals surface area contributed by atoms with Gasteiger partial charge in [0.2, 0.25) is 11.8 Å². The lowest BCUT2D eigenvalue weighted by Gasteiger charge is -2.33. The second-order valence-corrected chi connectivity index (χ2v) is 11.8. The summed E-state index contributed by atoms with van der Waals surface area (Å²) < 4.78 is 35.0. The molecule has 0 heterocycles. The zero-order valence-electron chi connectivity index (χ0n) is 24.0. The fourth-order valence-corrected chi connectivity index (χ4v) is 6.01. The molecule has 0 bridgehead atoms. The lowest BCUT2D eigenvalue weighted by molar-refractivity contribution is -0.140. The van der Waals surface area contributed by atoms with E-state index in [0.29, 0.717) is 35.9 Å². The maximum absolute atomic E-state index is 14.2. The molecule has 0 aliphatic rings. The Kier molecular flexibility index (Phi) is 11.6. The van der Waals surface area contributed by atoms with E-state index in [-0.39, 0.29) is 23.0 Å². The van der Waals surface area contributed by atoms with Gasteiger partial charge < -0.3 is 15.0 Å². The molecule has 41 heavy (non-hydrogen) atoms. The van der Waals surface area contributed by atoms with Gasteiger partial charge in [-0.3, -0.25) is 13.9 Å². The van der Waals surface area contributed by atoms with Crippen molar-refractivity contribution in [3.8, 4) is 5.75 Å². The number of sulfonamides is 1. The van der Waals surface area contributed by atoms with Gasteiger partial charge in [-0.2, -0.15) is 0 Å². The zero-order valence-corrected chi connectivity index (χ0v) is 25.5. The van der Waals surface area contributed by atoms with Crippen molar-refractivity contribution in [2.45, 2.75) is 58.0 Å². The first-order chi connectivity index (χ1) is 19.6. The third kappa shape index (κ3) is 8.01. The lowest BCUT2D eigenvalue weighted by atomic mass is 10.1. The Morgan fingerprint density at radius 2 is 1.61 bits per heavy atom. The van der Waals surface area contributed by atoms with Crippen LogP contribution in [0.15, 0.2) is 77.7 Å². The topological polar surface area (TPSA) is 96.0 Å². The van der Waals surface area contributed by atoms with Gasteiger partial charge in [0.15, 0.2) is 0 Å². The summed E-state index contributed by atoms with van der Waals surface area (Å²) >= 11 is 6.45. The van der Waals surface area contributed by atoms with E-state index in [1.807, 2.05) is 20.8 Å². The number of rotatable bonds is 14. The summed E-state index contributed by atoms with van der Waals surface area (Å²) in [7, 11) is -4.21. The number of anilines is 1. The smallest absolute Gasteiger partial charge is 0.264 e. The molecule has 0 radical (unpaired) electrons. The number of halogens is 1. The predicted molar refractivity (Wildman–Crippen MR) is 163 cm³/mol. The van der Waals surface area contributed by atoms with Gasteiger partial charge in [-0.05, 0) is 62.6 Å². The van der Waals surface area contributed by atoms with E-state index in [9.17, 15) is 18.0 Å². The Labute approximate surface area is 248 Å². The highest BCUT2D eigenvalue weighted by molar-refractivity contribution is 7.92. The highest BCUT2D eigenvalue weighted by atomic mass is 35.5. The highest BCUT2D eigenvalue weighted by Gasteiger charge is 2.34. The number of carbonyl (C=O) groups is 2. The fraction of sp³-hybridized carbons (Fsp3) is 0.355. The number of nitrogens with zero attached hydrogens (tertiary/aromatic N) is 2. The molecule has 1 N–H and O–H groups in total. The lowest BCUT2D eigenvalue weighted by Crippen LogP contribution is -2.52. The molecule has 220 valence electrons. The minimum Gasteiger partial charge on any atom is -0.492 e. The summed E-state index contributed by atoms with van der Waals surface area (Å²) in [4.78, 5) is 28.8. The first-order valence-electron chi connectivity index (χ1n) is 13.8. The van der Waals surface area contributed by atoms with Crippen molar-refractivity contribution < 1.29 is 22.7 Å². The number of benzene rings is 3. The van der Waals surface area contributed by atoms with Crippen LogP contribution in [0.3, 0.4) is 0 Å². The largest absolute Gasteiger partial charge is 0.492 e. The molecule has 0 aliphatic heterocycles. The fourth-order valence-electron chi connectivity index (χ4n) is 4.39. The van der Waals surface area contributed by atoms with Crippen LogP contribution in [0.1, 0.15) is 44.7 Å². The van der Waals surface area contributed by atoms with Crippen LogP contribution < -0.4 is 14.4 Å². The van der Waals surface area contributed by atoms with Crippen molar-refractivity contribution in [2.24, 2.45) is 0 Å². The third-order valence-corrected chi connectivity index (χ3v) is 8.70. The van der Waals surface area contributed by atoms with Crippen LogP contribution in [-0.4, -0.2) is 50.9 Å². The molecule has 0 aromatic heterocycles. The van der Waals surface area contributed by atoms with Crippen LogP contribution in [0.4, 0.5) is 5.69 Å². The molecule has 0 aliphatic carbocycles. The standard InChI is InChI=1S/C31H38ClN3O5S/c1-5-20-33-31(37)27(6-2)34(21-24-12-8-9-13-26(24)32)30(36)22-35(28-14-10-11-15-29(28)40-7-3)41(38,39)25-18-16-23(4)17-19-25/h8-19,27H,5-7,20-22H2,1-4H3,(H,33,37). The first-order valence-corrected chi connectivity index (χ1v) is 15.6. The molecule has 3 rings (SSSR count). The molecule has 1 atom stereocenters. The van der Waals surface area contributed by atoms with E-state index < -0.39 is 28.5 Å². The van der Waals surface area contributed by atoms with Crippen molar-refractivity contribution in [1.82, 2.24) is 10.2 Å². The number of amides is 2. The Hall–Kier alpha value is -3.56. The van der Waals surface area contributed by atoms with Gasteiger partial charge in [0.05, 0.1) is 17.2 Å². The van der Waals surface area contributed by atoms with E-state index in [0.717, 1.165) is 16.3 Å². The molecule has 0 saturated carbocycles. The predicted octanol–water partition coefficient (Wildman–Crippen LogP) is 5.58. The molecular weight excluding hydrogens is 562 g/mol. The molecule has 2 amide bonds. The Morgan fingerprint density at radius 3 is 2.24 bits per heavy atom. The molecule has 1 unspecified atom stereocenters. The Bertz CT molecular complexity index is 1430. The van der Waals surface area contributed by atoms with Gasteiger partial charge in [0, 0.05) is 18.1 Å². The van der Waals surface area contributed by atoms with E-state index in [1.165, 1.54) is 17.0 Å². The van der Waals surface area contributed by atoms with Crippen molar-refractivity contribution >= 4 is 39.1 Å². The summed E-state index contributed by atoms with van der Waals surface area (Å²) in [5.74, 6) is -0.535. The average molecular weight is 600 g/mol. The molecule has 8 nitrogen and oxygen atoms in total. The maximum Gasteiger partial charge on any atom is 0.264 e. The summed E-state index contributed by atoms with van der Waals surface area (Å²) in [6.07, 6.45) is 1.06. The summed E-state index contributed by atoms with van der Waals surface area (Å²) in [6.45, 7) is 7.66. The Morgan fingerprint density at radius 1 is 0.951 bits per heavy atom. The second-order valence-electron chi connectivity index (χ2n) is 9.55. The van der Waals surface area contributed by atoms with Crippen LogP contribution in [0, 0.1) is 6.92 Å².